The summed E-state index contributed by atoms with van der Waals surface area (Å²) < 4.78 is 4.58. The highest BCUT2D eigenvalue weighted by atomic mass is 16.6. The first-order chi connectivity index (χ1) is 10.6. The molecule has 1 rings (SSSR count). The first-order valence-corrected chi connectivity index (χ1v) is 6.74. The third-order valence-corrected chi connectivity index (χ3v) is 3.20. The van der Waals surface area contributed by atoms with Crippen LogP contribution in [0.2, 0.25) is 0 Å². The molecule has 11 heteroatoms. The molecule has 1 saturated heterocycles. The van der Waals surface area contributed by atoms with Crippen LogP contribution in [0.1, 0.15) is 6.92 Å². The van der Waals surface area contributed by atoms with Gasteiger partial charge in [0.1, 0.15) is 42.7 Å². The third kappa shape index (κ3) is 6.35. The van der Waals surface area contributed by atoms with Crippen molar-refractivity contribution >= 4 is 6.29 Å². The fourth-order valence-corrected chi connectivity index (χ4v) is 1.65. The summed E-state index contributed by atoms with van der Waals surface area (Å²) in [5.41, 5.74) is 0. The van der Waals surface area contributed by atoms with E-state index in [1.54, 1.807) is 0 Å². The van der Waals surface area contributed by atoms with Crippen molar-refractivity contribution in [2.45, 2.75) is 62.0 Å². The summed E-state index contributed by atoms with van der Waals surface area (Å²) in [4.78, 5) is 9.87. The summed E-state index contributed by atoms with van der Waals surface area (Å²) in [7, 11) is 0. The van der Waals surface area contributed by atoms with Crippen molar-refractivity contribution in [1.82, 2.24) is 0 Å². The number of aldehydes is 1. The summed E-state index contributed by atoms with van der Waals surface area (Å²) in [6.07, 6.45) is -12.9. The van der Waals surface area contributed by atoms with Crippen LogP contribution in [0.25, 0.3) is 0 Å². The molecule has 23 heavy (non-hydrogen) atoms. The van der Waals surface area contributed by atoms with E-state index in [2.05, 4.69) is 4.74 Å². The van der Waals surface area contributed by atoms with E-state index in [1.165, 1.54) is 6.92 Å². The SMILES string of the molecule is C[C@H](O)[C@@H](O)[C@@H](O)[C@H](O)C=O.OC[C@H]1OC(O)[C@H](O)[C@@H](O)[C@H]1O. The topological polar surface area (TPSA) is 208 Å². The molecule has 0 aromatic rings. The molecule has 1 unspecified atom stereocenters. The van der Waals surface area contributed by atoms with E-state index in [1.807, 2.05) is 0 Å². The Morgan fingerprint density at radius 1 is 0.957 bits per heavy atom. The van der Waals surface area contributed by atoms with Crippen LogP contribution in [-0.2, 0) is 9.53 Å². The molecule has 0 spiro atoms. The minimum atomic E-state index is -1.65. The quantitative estimate of drug-likeness (QED) is 0.215. The monoisotopic (exact) mass is 344 g/mol. The Balaban J connectivity index is 0.000000423. The zero-order chi connectivity index (χ0) is 18.3. The lowest BCUT2D eigenvalue weighted by Crippen LogP contribution is -2.58. The molecule has 0 aromatic carbocycles. The molecule has 0 bridgehead atoms. The summed E-state index contributed by atoms with van der Waals surface area (Å²) in [6.45, 7) is 0.716. The van der Waals surface area contributed by atoms with E-state index in [4.69, 9.17) is 46.0 Å². The molecule has 1 heterocycles. The third-order valence-electron chi connectivity index (χ3n) is 3.20. The lowest BCUT2D eigenvalue weighted by molar-refractivity contribution is -0.286. The molecular formula is C12H24O11. The molecule has 9 atom stereocenters. The van der Waals surface area contributed by atoms with Gasteiger partial charge in [0.05, 0.1) is 12.7 Å². The Kier molecular flexibility index (Phi) is 9.88. The molecule has 9 N–H and O–H groups in total. The Labute approximate surface area is 131 Å². The number of aliphatic hydroxyl groups excluding tert-OH is 9. The van der Waals surface area contributed by atoms with E-state index in [-0.39, 0.29) is 6.29 Å². The molecule has 1 aliphatic heterocycles. The zero-order valence-corrected chi connectivity index (χ0v) is 12.3. The number of hydrogen-bond donors (Lipinski definition) is 9. The maximum Gasteiger partial charge on any atom is 0.184 e. The second kappa shape index (κ2) is 10.2. The smallest absolute Gasteiger partial charge is 0.184 e. The number of ether oxygens (including phenoxy) is 1. The van der Waals surface area contributed by atoms with Gasteiger partial charge in [0.2, 0.25) is 0 Å². The minimum Gasteiger partial charge on any atom is -0.394 e. The maximum absolute atomic E-state index is 9.87. The van der Waals surface area contributed by atoms with Crippen LogP contribution in [-0.4, -0.2) is 114 Å². The van der Waals surface area contributed by atoms with Gasteiger partial charge in [0.25, 0.3) is 0 Å². The van der Waals surface area contributed by atoms with E-state index in [0.29, 0.717) is 0 Å². The van der Waals surface area contributed by atoms with Gasteiger partial charge in [-0.05, 0) is 6.92 Å². The molecule has 0 aromatic heterocycles. The van der Waals surface area contributed by atoms with Crippen LogP contribution in [0.3, 0.4) is 0 Å². The molecule has 138 valence electrons. The Morgan fingerprint density at radius 2 is 1.48 bits per heavy atom. The van der Waals surface area contributed by atoms with Crippen molar-refractivity contribution < 1.29 is 55.5 Å². The molecule has 1 fully saturated rings. The molecule has 0 aliphatic carbocycles. The van der Waals surface area contributed by atoms with Crippen LogP contribution in [0, 0.1) is 0 Å². The molecular weight excluding hydrogens is 320 g/mol. The van der Waals surface area contributed by atoms with Gasteiger partial charge in [-0.1, -0.05) is 0 Å². The number of carbonyl (C=O) groups excluding carboxylic acids is 1. The highest BCUT2D eigenvalue weighted by molar-refractivity contribution is 5.56. The molecule has 0 saturated carbocycles. The Morgan fingerprint density at radius 3 is 1.87 bits per heavy atom. The summed E-state index contributed by atoms with van der Waals surface area (Å²) in [5, 5.41) is 79.8. The predicted octanol–water partition coefficient (Wildman–Crippen LogP) is -5.57. The first-order valence-electron chi connectivity index (χ1n) is 6.74. The highest BCUT2D eigenvalue weighted by Gasteiger charge is 2.42. The highest BCUT2D eigenvalue weighted by Crippen LogP contribution is 2.18. The van der Waals surface area contributed by atoms with Gasteiger partial charge < -0.3 is 55.5 Å². The molecule has 0 amide bonds. The molecule has 11 nitrogen and oxygen atoms in total. The van der Waals surface area contributed by atoms with Crippen LogP contribution >= 0.6 is 0 Å². The average Bonchev–Trinajstić information content (AvgIpc) is 2.54. The van der Waals surface area contributed by atoms with Gasteiger partial charge in [-0.25, -0.2) is 0 Å². The maximum atomic E-state index is 9.87. The van der Waals surface area contributed by atoms with Gasteiger partial charge in [0.15, 0.2) is 12.6 Å². The van der Waals surface area contributed by atoms with Gasteiger partial charge in [-0.2, -0.15) is 0 Å². The van der Waals surface area contributed by atoms with Crippen molar-refractivity contribution in [3.8, 4) is 0 Å². The van der Waals surface area contributed by atoms with E-state index < -0.39 is 61.7 Å². The summed E-state index contributed by atoms with van der Waals surface area (Å²) in [6, 6.07) is 0. The van der Waals surface area contributed by atoms with Crippen molar-refractivity contribution in [3.63, 3.8) is 0 Å². The second-order valence-corrected chi connectivity index (χ2v) is 5.07. The lowest BCUT2D eigenvalue weighted by atomic mass is 10.00. The van der Waals surface area contributed by atoms with Gasteiger partial charge in [-0.15, -0.1) is 0 Å². The van der Waals surface area contributed by atoms with Crippen molar-refractivity contribution in [2.75, 3.05) is 6.61 Å². The Bertz CT molecular complexity index is 334. The normalized spacial score (nSPS) is 36.2. The number of hydrogen-bond acceptors (Lipinski definition) is 11. The van der Waals surface area contributed by atoms with Crippen LogP contribution in [0.4, 0.5) is 0 Å². The van der Waals surface area contributed by atoms with Gasteiger partial charge in [0, 0.05) is 0 Å². The predicted molar refractivity (Wildman–Crippen MR) is 71.8 cm³/mol. The molecule has 0 radical (unpaired) electrons. The Hall–Kier alpha value is -0.730. The number of carbonyl (C=O) groups is 1. The molecule has 1 aliphatic rings. The van der Waals surface area contributed by atoms with Crippen molar-refractivity contribution in [3.05, 3.63) is 0 Å². The fourth-order valence-electron chi connectivity index (χ4n) is 1.65. The van der Waals surface area contributed by atoms with Crippen LogP contribution < -0.4 is 0 Å². The minimum absolute atomic E-state index is 0.0935. The average molecular weight is 344 g/mol. The van der Waals surface area contributed by atoms with E-state index in [0.717, 1.165) is 0 Å². The largest absolute Gasteiger partial charge is 0.394 e. The fraction of sp³-hybridized carbons (Fsp3) is 0.917. The van der Waals surface area contributed by atoms with Crippen molar-refractivity contribution in [1.29, 1.82) is 0 Å². The van der Waals surface area contributed by atoms with Gasteiger partial charge >= 0.3 is 0 Å². The standard InChI is InChI=1S/C6H12O6.C6H12O5/c7-1-2-3(8)4(9)5(10)6(11)12-2;1-3(8)5(10)6(11)4(9)2-7/h2-11H,1H2;2-6,8-11H,1H3/t2-,3+,4+,5-,6?;3-,4+,5+,6-/m10/s1. The van der Waals surface area contributed by atoms with Crippen LogP contribution in [0.15, 0.2) is 0 Å². The summed E-state index contributed by atoms with van der Waals surface area (Å²) in [5.74, 6) is 0. The zero-order valence-electron chi connectivity index (χ0n) is 12.3. The second-order valence-electron chi connectivity index (χ2n) is 5.07. The van der Waals surface area contributed by atoms with E-state index >= 15 is 0 Å². The lowest BCUT2D eigenvalue weighted by Gasteiger charge is -2.37. The van der Waals surface area contributed by atoms with E-state index in [9.17, 15) is 4.79 Å². The number of rotatable bonds is 5. The van der Waals surface area contributed by atoms with Gasteiger partial charge in [-0.3, -0.25) is 0 Å². The first kappa shape index (κ1) is 22.3. The summed E-state index contributed by atoms with van der Waals surface area (Å²) >= 11 is 0. The number of aliphatic hydroxyl groups is 9. The van der Waals surface area contributed by atoms with Crippen molar-refractivity contribution in [2.24, 2.45) is 0 Å². The van der Waals surface area contributed by atoms with Crippen LogP contribution in [0.5, 0.6) is 0 Å².